The van der Waals surface area contributed by atoms with Crippen LogP contribution in [0.1, 0.15) is 5.56 Å². The number of fused-ring (bicyclic) bond motifs is 2. The van der Waals surface area contributed by atoms with Crippen molar-refractivity contribution in [3.05, 3.63) is 42.0 Å². The van der Waals surface area contributed by atoms with Gasteiger partial charge in [-0.15, -0.1) is 0 Å². The number of hydrogen-bond donors (Lipinski definition) is 1. The van der Waals surface area contributed by atoms with Crippen LogP contribution in [-0.4, -0.2) is 19.1 Å². The Morgan fingerprint density at radius 2 is 1.84 bits per heavy atom. The van der Waals surface area contributed by atoms with Crippen molar-refractivity contribution in [3.63, 3.8) is 0 Å². The molecule has 1 aromatic heterocycles. The second kappa shape index (κ2) is 4.43. The van der Waals surface area contributed by atoms with Gasteiger partial charge in [-0.25, -0.2) is 4.98 Å². The summed E-state index contributed by atoms with van der Waals surface area (Å²) in [5.74, 6) is 0.845. The molecular weight excluding hydrogens is 236 g/mol. The number of nitrogens with one attached hydrogen (secondary N) is 1. The van der Waals surface area contributed by atoms with Crippen LogP contribution < -0.4 is 10.1 Å². The minimum absolute atomic E-state index is 0.845. The number of nitrogens with zero attached hydrogens (tertiary/aromatic N) is 1. The van der Waals surface area contributed by atoms with Crippen molar-refractivity contribution in [2.24, 2.45) is 0 Å². The van der Waals surface area contributed by atoms with Gasteiger partial charge in [0.15, 0.2) is 0 Å². The Kier molecular flexibility index (Phi) is 2.75. The van der Waals surface area contributed by atoms with Crippen molar-refractivity contribution < 1.29 is 4.74 Å². The van der Waals surface area contributed by atoms with E-state index >= 15 is 0 Å². The van der Waals surface area contributed by atoms with E-state index in [0.29, 0.717) is 0 Å². The van der Waals surface area contributed by atoms with Gasteiger partial charge in [0.25, 0.3) is 0 Å². The van der Waals surface area contributed by atoms with Crippen LogP contribution in [0, 0.1) is 6.92 Å². The average Bonchev–Trinajstić information content (AvgIpc) is 2.44. The molecule has 0 aliphatic rings. The van der Waals surface area contributed by atoms with Gasteiger partial charge in [-0.3, -0.25) is 0 Å². The summed E-state index contributed by atoms with van der Waals surface area (Å²) in [7, 11) is 3.62. The van der Waals surface area contributed by atoms with Gasteiger partial charge in [-0.1, -0.05) is 12.1 Å². The van der Waals surface area contributed by atoms with Gasteiger partial charge in [0, 0.05) is 17.8 Å². The van der Waals surface area contributed by atoms with E-state index in [-0.39, 0.29) is 0 Å². The second-order valence-corrected chi connectivity index (χ2v) is 4.64. The number of benzene rings is 2. The number of hydrogen-bond acceptors (Lipinski definition) is 3. The van der Waals surface area contributed by atoms with E-state index < -0.39 is 0 Å². The Bertz CT molecular complexity index is 765. The summed E-state index contributed by atoms with van der Waals surface area (Å²) in [6, 6.07) is 12.3. The maximum absolute atomic E-state index is 5.30. The third kappa shape index (κ3) is 1.87. The summed E-state index contributed by atoms with van der Waals surface area (Å²) in [5.41, 5.74) is 4.30. The highest BCUT2D eigenvalue weighted by molar-refractivity contribution is 6.07. The number of aryl methyl sites for hydroxylation is 1. The summed E-state index contributed by atoms with van der Waals surface area (Å²) in [4.78, 5) is 4.73. The molecule has 0 aliphatic carbocycles. The van der Waals surface area contributed by atoms with Crippen LogP contribution in [-0.2, 0) is 0 Å². The topological polar surface area (TPSA) is 34.2 Å². The highest BCUT2D eigenvalue weighted by Gasteiger charge is 2.09. The molecule has 3 rings (SSSR count). The first kappa shape index (κ1) is 11.8. The van der Waals surface area contributed by atoms with Crippen LogP contribution in [0.15, 0.2) is 36.4 Å². The molecular formula is C16H16N2O. The number of anilines is 1. The van der Waals surface area contributed by atoms with Crippen LogP contribution in [0.2, 0.25) is 0 Å². The van der Waals surface area contributed by atoms with Crippen molar-refractivity contribution in [2.75, 3.05) is 19.5 Å². The monoisotopic (exact) mass is 252 g/mol. The van der Waals surface area contributed by atoms with Crippen LogP contribution >= 0.6 is 0 Å². The maximum atomic E-state index is 5.30. The first-order valence-electron chi connectivity index (χ1n) is 6.29. The molecule has 3 heteroatoms. The summed E-state index contributed by atoms with van der Waals surface area (Å²) in [6.07, 6.45) is 0. The Morgan fingerprint density at radius 3 is 2.58 bits per heavy atom. The molecule has 0 bridgehead atoms. The fraction of sp³-hybridized carbons (Fsp3) is 0.188. The molecule has 0 fully saturated rings. The van der Waals surface area contributed by atoms with Gasteiger partial charge in [-0.2, -0.15) is 0 Å². The van der Waals surface area contributed by atoms with Gasteiger partial charge in [-0.05, 0) is 36.8 Å². The Morgan fingerprint density at radius 1 is 1.00 bits per heavy atom. The summed E-state index contributed by atoms with van der Waals surface area (Å²) in [6.45, 7) is 2.08. The minimum Gasteiger partial charge on any atom is -0.497 e. The molecule has 0 radical (unpaired) electrons. The Labute approximate surface area is 112 Å². The van der Waals surface area contributed by atoms with Crippen LogP contribution in [0.5, 0.6) is 5.75 Å². The number of methoxy groups -OCH3 is 1. The van der Waals surface area contributed by atoms with Crippen LogP contribution in [0.4, 0.5) is 5.69 Å². The van der Waals surface area contributed by atoms with Crippen LogP contribution in [0.25, 0.3) is 21.8 Å². The average molecular weight is 252 g/mol. The van der Waals surface area contributed by atoms with Crippen molar-refractivity contribution >= 4 is 27.5 Å². The molecule has 3 aromatic rings. The molecule has 0 atom stereocenters. The van der Waals surface area contributed by atoms with Crippen molar-refractivity contribution in [1.82, 2.24) is 4.98 Å². The predicted molar refractivity (Wildman–Crippen MR) is 80.1 cm³/mol. The molecule has 0 amide bonds. The molecule has 0 saturated heterocycles. The second-order valence-electron chi connectivity index (χ2n) is 4.64. The zero-order chi connectivity index (χ0) is 13.4. The van der Waals surface area contributed by atoms with Gasteiger partial charge >= 0.3 is 0 Å². The molecule has 19 heavy (non-hydrogen) atoms. The lowest BCUT2D eigenvalue weighted by atomic mass is 10.1. The SMILES string of the molecule is CNc1c2ccc(C)cc2nc2ccc(OC)cc12. The molecule has 0 saturated carbocycles. The molecule has 0 spiro atoms. The highest BCUT2D eigenvalue weighted by atomic mass is 16.5. The van der Waals surface area contributed by atoms with Crippen LogP contribution in [0.3, 0.4) is 0 Å². The summed E-state index contributed by atoms with van der Waals surface area (Å²) in [5, 5.41) is 5.50. The lowest BCUT2D eigenvalue weighted by Crippen LogP contribution is -1.95. The normalized spacial score (nSPS) is 10.9. The molecule has 96 valence electrons. The van der Waals surface area contributed by atoms with Gasteiger partial charge in [0.2, 0.25) is 0 Å². The number of rotatable bonds is 2. The van der Waals surface area contributed by atoms with E-state index in [4.69, 9.17) is 9.72 Å². The fourth-order valence-electron chi connectivity index (χ4n) is 2.43. The summed E-state index contributed by atoms with van der Waals surface area (Å²) >= 11 is 0. The number of pyridine rings is 1. The van der Waals surface area contributed by atoms with Gasteiger partial charge in [0.05, 0.1) is 23.8 Å². The lowest BCUT2D eigenvalue weighted by molar-refractivity contribution is 0.415. The Balaban J connectivity index is 2.45. The highest BCUT2D eigenvalue weighted by Crippen LogP contribution is 2.32. The fourth-order valence-corrected chi connectivity index (χ4v) is 2.43. The molecule has 0 unspecified atom stereocenters. The van der Waals surface area contributed by atoms with Crippen molar-refractivity contribution in [3.8, 4) is 5.75 Å². The lowest BCUT2D eigenvalue weighted by Gasteiger charge is -2.11. The summed E-state index contributed by atoms with van der Waals surface area (Å²) < 4.78 is 5.30. The quantitative estimate of drug-likeness (QED) is 0.705. The van der Waals surface area contributed by atoms with Gasteiger partial charge < -0.3 is 10.1 Å². The van der Waals surface area contributed by atoms with E-state index in [1.807, 2.05) is 25.2 Å². The third-order valence-electron chi connectivity index (χ3n) is 3.39. The number of aromatic nitrogens is 1. The van der Waals surface area contributed by atoms with E-state index in [2.05, 4.69) is 30.4 Å². The number of ether oxygens (including phenoxy) is 1. The maximum Gasteiger partial charge on any atom is 0.119 e. The van der Waals surface area contributed by atoms with E-state index in [0.717, 1.165) is 33.2 Å². The largest absolute Gasteiger partial charge is 0.497 e. The molecule has 2 aromatic carbocycles. The van der Waals surface area contributed by atoms with E-state index in [1.165, 1.54) is 5.56 Å². The standard InChI is InChI=1S/C16H16N2O/c1-10-4-6-12-15(8-10)18-14-7-5-11(19-3)9-13(14)16(12)17-2/h4-9H,1-3H3,(H,17,18). The van der Waals surface area contributed by atoms with E-state index in [9.17, 15) is 0 Å². The molecule has 0 aliphatic heterocycles. The zero-order valence-electron chi connectivity index (χ0n) is 11.3. The van der Waals surface area contributed by atoms with Crippen molar-refractivity contribution in [2.45, 2.75) is 6.92 Å². The zero-order valence-corrected chi connectivity index (χ0v) is 11.3. The van der Waals surface area contributed by atoms with E-state index in [1.54, 1.807) is 7.11 Å². The van der Waals surface area contributed by atoms with Gasteiger partial charge in [0.1, 0.15) is 5.75 Å². The predicted octanol–water partition coefficient (Wildman–Crippen LogP) is 3.75. The molecule has 3 nitrogen and oxygen atoms in total. The minimum atomic E-state index is 0.845. The first-order valence-corrected chi connectivity index (χ1v) is 6.29. The van der Waals surface area contributed by atoms with Crippen molar-refractivity contribution in [1.29, 1.82) is 0 Å². The molecule has 1 heterocycles. The smallest absolute Gasteiger partial charge is 0.119 e. The molecule has 1 N–H and O–H groups in total. The Hall–Kier alpha value is -2.29. The first-order chi connectivity index (χ1) is 9.22. The third-order valence-corrected chi connectivity index (χ3v) is 3.39.